The van der Waals surface area contributed by atoms with Crippen LogP contribution >= 0.6 is 11.6 Å². The van der Waals surface area contributed by atoms with Gasteiger partial charge in [-0.25, -0.2) is 0 Å². The van der Waals surface area contributed by atoms with E-state index in [-0.39, 0.29) is 17.9 Å². The van der Waals surface area contributed by atoms with E-state index in [1.54, 1.807) is 0 Å². The number of aromatic nitrogens is 1. The number of carbonyl (C=O) groups excluding carboxylic acids is 1. The number of rotatable bonds is 18. The summed E-state index contributed by atoms with van der Waals surface area (Å²) in [6.45, 7) is 1.28. The molecule has 0 bridgehead atoms. The lowest BCUT2D eigenvalue weighted by atomic mass is 9.93. The smallest absolute Gasteiger partial charge is 0.220 e. The minimum atomic E-state index is -1.71. The molecule has 0 saturated heterocycles. The number of nitrogens with zero attached hydrogens (tertiary/aromatic N) is 1. The first-order chi connectivity index (χ1) is 22.7. The first-order valence-electron chi connectivity index (χ1n) is 16.4. The lowest BCUT2D eigenvalue weighted by molar-refractivity contribution is -0.126. The highest BCUT2D eigenvalue weighted by Gasteiger charge is 2.46. The Morgan fingerprint density at radius 1 is 1.04 bits per heavy atom. The molecule has 7 N–H and O–H groups in total. The van der Waals surface area contributed by atoms with Crippen molar-refractivity contribution in [3.05, 3.63) is 82.6 Å². The van der Waals surface area contributed by atoms with Crippen LogP contribution in [-0.4, -0.2) is 80.1 Å². The van der Waals surface area contributed by atoms with Crippen molar-refractivity contribution in [2.75, 3.05) is 13.2 Å². The number of ether oxygens (including phenoxy) is 1. The van der Waals surface area contributed by atoms with E-state index in [0.29, 0.717) is 30.5 Å². The summed E-state index contributed by atoms with van der Waals surface area (Å²) in [5, 5.41) is 55.2. The van der Waals surface area contributed by atoms with Crippen LogP contribution in [0.15, 0.2) is 60.9 Å². The second-order valence-electron chi connectivity index (χ2n) is 12.9. The van der Waals surface area contributed by atoms with Gasteiger partial charge in [-0.05, 0) is 84.9 Å². The van der Waals surface area contributed by atoms with Gasteiger partial charge in [0.05, 0.1) is 25.4 Å². The van der Waals surface area contributed by atoms with Gasteiger partial charge < -0.3 is 40.9 Å². The third-order valence-electron chi connectivity index (χ3n) is 9.27. The average Bonchev–Trinajstić information content (AvgIpc) is 4.03. The van der Waals surface area contributed by atoms with Crippen molar-refractivity contribution in [1.29, 1.82) is 0 Å². The molecule has 0 spiro atoms. The highest BCUT2D eigenvalue weighted by Crippen LogP contribution is 2.50. The fourth-order valence-electron chi connectivity index (χ4n) is 5.96. The highest BCUT2D eigenvalue weighted by molar-refractivity contribution is 6.31. The molecule has 5 atom stereocenters. The quantitative estimate of drug-likeness (QED) is 0.107. The van der Waals surface area contributed by atoms with Gasteiger partial charge in [0.1, 0.15) is 24.1 Å². The Kier molecular flexibility index (Phi) is 11.9. The molecule has 10 nitrogen and oxygen atoms in total. The molecule has 254 valence electrons. The summed E-state index contributed by atoms with van der Waals surface area (Å²) in [5.74, 6) is 0.651. The number of para-hydroxylation sites is 1. The molecule has 2 aliphatic carbocycles. The van der Waals surface area contributed by atoms with Crippen molar-refractivity contribution in [3.8, 4) is 16.9 Å². The third kappa shape index (κ3) is 8.88. The van der Waals surface area contributed by atoms with E-state index in [1.165, 1.54) is 0 Å². The van der Waals surface area contributed by atoms with Crippen LogP contribution in [0.25, 0.3) is 11.1 Å². The number of nitrogens with one attached hydrogen (secondary N) is 2. The second kappa shape index (κ2) is 15.9. The first-order valence-corrected chi connectivity index (χ1v) is 16.8. The van der Waals surface area contributed by atoms with Crippen LogP contribution in [0.1, 0.15) is 74.5 Å². The van der Waals surface area contributed by atoms with Crippen molar-refractivity contribution < 1.29 is 35.1 Å². The zero-order valence-electron chi connectivity index (χ0n) is 26.7. The van der Waals surface area contributed by atoms with Crippen molar-refractivity contribution in [3.63, 3.8) is 0 Å². The number of hydrogen-bond donors (Lipinski definition) is 7. The molecule has 2 aliphatic rings. The van der Waals surface area contributed by atoms with Crippen LogP contribution in [0.3, 0.4) is 0 Å². The van der Waals surface area contributed by atoms with Gasteiger partial charge in [0.15, 0.2) is 0 Å². The molecule has 0 radical (unpaired) electrons. The summed E-state index contributed by atoms with van der Waals surface area (Å²) < 4.78 is 6.25. The van der Waals surface area contributed by atoms with E-state index in [9.17, 15) is 25.2 Å². The monoisotopic (exact) mass is 667 g/mol. The lowest BCUT2D eigenvalue weighted by Gasteiger charge is -2.28. The summed E-state index contributed by atoms with van der Waals surface area (Å²) in [5.41, 5.74) is 5.24. The topological polar surface area (TPSA) is 164 Å². The molecule has 47 heavy (non-hydrogen) atoms. The predicted octanol–water partition coefficient (Wildman–Crippen LogP) is 3.55. The van der Waals surface area contributed by atoms with Crippen LogP contribution in [0, 0.1) is 0 Å². The predicted molar refractivity (Wildman–Crippen MR) is 179 cm³/mol. The summed E-state index contributed by atoms with van der Waals surface area (Å²) in [7, 11) is 0. The van der Waals surface area contributed by atoms with Gasteiger partial charge >= 0.3 is 0 Å². The van der Waals surface area contributed by atoms with Crippen molar-refractivity contribution in [1.82, 2.24) is 15.6 Å². The van der Waals surface area contributed by atoms with Gasteiger partial charge in [-0.1, -0.05) is 48.9 Å². The Hall–Kier alpha value is -3.09. The molecule has 3 aromatic rings. The Bertz CT molecular complexity index is 1500. The van der Waals surface area contributed by atoms with E-state index >= 15 is 0 Å². The molecule has 0 aliphatic heterocycles. The molecule has 2 fully saturated rings. The Morgan fingerprint density at radius 3 is 2.51 bits per heavy atom. The zero-order chi connectivity index (χ0) is 33.6. The maximum atomic E-state index is 12.5. The lowest BCUT2D eigenvalue weighted by Crippen LogP contribution is -2.54. The molecule has 5 rings (SSSR count). The molecule has 2 aromatic carbocycles. The fraction of sp³-hybridized carbons (Fsp3) is 0.500. The fourth-order valence-corrected chi connectivity index (χ4v) is 6.15. The first kappa shape index (κ1) is 35.2. The summed E-state index contributed by atoms with van der Waals surface area (Å²) in [6, 6.07) is 15.1. The van der Waals surface area contributed by atoms with E-state index in [0.717, 1.165) is 59.3 Å². The Labute approximate surface area is 280 Å². The van der Waals surface area contributed by atoms with Crippen LogP contribution in [0.2, 0.25) is 5.02 Å². The summed E-state index contributed by atoms with van der Waals surface area (Å²) >= 11 is 6.67. The number of carbonyl (C=O) groups is 1. The molecule has 1 heterocycles. The minimum absolute atomic E-state index is 0.141. The van der Waals surface area contributed by atoms with E-state index in [1.807, 2.05) is 42.7 Å². The van der Waals surface area contributed by atoms with Crippen LogP contribution < -0.4 is 15.4 Å². The number of hydrogen-bond acceptors (Lipinski definition) is 9. The Morgan fingerprint density at radius 2 is 1.81 bits per heavy atom. The largest absolute Gasteiger partial charge is 0.490 e. The maximum Gasteiger partial charge on any atom is 0.220 e. The standard InChI is InChI=1S/C36H46ClN3O7/c1-22(5-4-8-33(44)40-30(20-41)34(45)35(46)31(43)21-42)23-9-12-29(37)24(17-23)18-39-36(14-15-36)28-19-38-16-13-26(28)27-6-2-3-7-32(27)47-25-10-11-25/h2-3,6-7,9,12-13,16-17,19,22,25,30-31,34-35,39,41-43,45-46H,4-5,8,10-11,14-15,18,20-21H2,1H3,(H,40,44). The average molecular weight is 668 g/mol. The van der Waals surface area contributed by atoms with Gasteiger partial charge in [0, 0.05) is 41.5 Å². The van der Waals surface area contributed by atoms with Gasteiger partial charge in [0.2, 0.25) is 5.91 Å². The number of pyridine rings is 1. The van der Waals surface area contributed by atoms with Crippen LogP contribution in [0.4, 0.5) is 0 Å². The Balaban J connectivity index is 1.18. The molecular weight excluding hydrogens is 622 g/mol. The molecule has 1 amide bonds. The second-order valence-corrected chi connectivity index (χ2v) is 13.3. The van der Waals surface area contributed by atoms with Crippen LogP contribution in [0.5, 0.6) is 5.75 Å². The molecule has 11 heteroatoms. The summed E-state index contributed by atoms with van der Waals surface area (Å²) in [4.78, 5) is 17.0. The van der Waals surface area contributed by atoms with E-state index in [4.69, 9.17) is 21.4 Å². The minimum Gasteiger partial charge on any atom is -0.490 e. The number of amides is 1. The summed E-state index contributed by atoms with van der Waals surface area (Å²) in [6.07, 6.45) is 4.74. The van der Waals surface area contributed by atoms with Crippen LogP contribution in [-0.2, 0) is 16.9 Å². The molecule has 5 unspecified atom stereocenters. The number of aliphatic hydroxyl groups is 5. The van der Waals surface area contributed by atoms with Gasteiger partial charge in [-0.3, -0.25) is 9.78 Å². The van der Waals surface area contributed by atoms with Gasteiger partial charge in [-0.2, -0.15) is 0 Å². The van der Waals surface area contributed by atoms with Gasteiger partial charge in [-0.15, -0.1) is 0 Å². The SMILES string of the molecule is CC(CCCC(=O)NC(CO)C(O)C(O)C(O)CO)c1ccc(Cl)c(CNC2(c3cnccc3-c3ccccc3OC3CC3)CC2)c1. The molecule has 1 aromatic heterocycles. The highest BCUT2D eigenvalue weighted by atomic mass is 35.5. The van der Waals surface area contributed by atoms with Crippen molar-refractivity contribution in [2.45, 2.75) is 100 Å². The molecule has 2 saturated carbocycles. The number of aliphatic hydroxyl groups excluding tert-OH is 5. The molecular formula is C36H46ClN3O7. The van der Waals surface area contributed by atoms with E-state index in [2.05, 4.69) is 40.7 Å². The third-order valence-corrected chi connectivity index (χ3v) is 9.63. The zero-order valence-corrected chi connectivity index (χ0v) is 27.4. The van der Waals surface area contributed by atoms with Gasteiger partial charge in [0.25, 0.3) is 0 Å². The number of halogens is 1. The maximum absolute atomic E-state index is 12.5. The van der Waals surface area contributed by atoms with Crippen molar-refractivity contribution in [2.24, 2.45) is 0 Å². The van der Waals surface area contributed by atoms with E-state index < -0.39 is 43.5 Å². The number of benzene rings is 2. The normalized spacial score (nSPS) is 18.5. The van der Waals surface area contributed by atoms with Crippen molar-refractivity contribution >= 4 is 17.5 Å².